The summed E-state index contributed by atoms with van der Waals surface area (Å²) in [6.07, 6.45) is 3.43. The van der Waals surface area contributed by atoms with Gasteiger partial charge in [0.05, 0.1) is 14.2 Å². The number of ether oxygens (including phenoxy) is 6. The highest BCUT2D eigenvalue weighted by Gasteiger charge is 2.36. The number of methoxy groups -OCH3 is 2. The van der Waals surface area contributed by atoms with Crippen LogP contribution in [0.4, 0.5) is 0 Å². The summed E-state index contributed by atoms with van der Waals surface area (Å²) in [4.78, 5) is 4.83. The van der Waals surface area contributed by atoms with Gasteiger partial charge < -0.3 is 28.4 Å². The van der Waals surface area contributed by atoms with Crippen molar-refractivity contribution < 1.29 is 28.4 Å². The molecule has 0 aliphatic carbocycles. The first-order chi connectivity index (χ1) is 22.0. The molecule has 6 bridgehead atoms. The summed E-state index contributed by atoms with van der Waals surface area (Å²) in [5.74, 6) is 5.71. The van der Waals surface area contributed by atoms with Crippen molar-refractivity contribution >= 4 is 34.0 Å². The van der Waals surface area contributed by atoms with Crippen LogP contribution >= 0.6 is 34.0 Å². The van der Waals surface area contributed by atoms with Gasteiger partial charge in [-0.25, -0.2) is 0 Å². The second-order valence-electron chi connectivity index (χ2n) is 12.4. The number of rotatable bonds is 2. The lowest BCUT2D eigenvalue weighted by molar-refractivity contribution is 0.171. The van der Waals surface area contributed by atoms with Crippen LogP contribution in [0.15, 0.2) is 60.7 Å². The van der Waals surface area contributed by atoms with Crippen LogP contribution in [0.2, 0.25) is 0 Å². The van der Waals surface area contributed by atoms with Gasteiger partial charge in [0.2, 0.25) is 12.5 Å². The quantitative estimate of drug-likeness (QED) is 0.203. The van der Waals surface area contributed by atoms with Crippen molar-refractivity contribution in [2.24, 2.45) is 0 Å². The number of nitrogens with zero attached hydrogens (tertiary/aromatic N) is 2. The number of halogens is 2. The molecular formula is C37H40Br2N2O6. The van der Waals surface area contributed by atoms with E-state index < -0.39 is 0 Å². The lowest BCUT2D eigenvalue weighted by Crippen LogP contribution is -2.34. The minimum absolute atomic E-state index is 0. The van der Waals surface area contributed by atoms with Crippen molar-refractivity contribution in [2.45, 2.75) is 37.8 Å². The molecule has 0 aromatic heterocycles. The fourth-order valence-corrected chi connectivity index (χ4v) is 7.33. The van der Waals surface area contributed by atoms with E-state index in [0.717, 1.165) is 67.1 Å². The van der Waals surface area contributed by atoms with Crippen molar-refractivity contribution in [1.29, 1.82) is 0 Å². The molecule has 0 saturated heterocycles. The highest BCUT2D eigenvalue weighted by molar-refractivity contribution is 8.93. The van der Waals surface area contributed by atoms with Gasteiger partial charge in [-0.1, -0.05) is 18.2 Å². The first kappa shape index (κ1) is 33.5. The zero-order valence-corrected chi connectivity index (χ0v) is 30.5. The highest BCUT2D eigenvalue weighted by Crippen LogP contribution is 2.53. The smallest absolute Gasteiger partial charge is 0.231 e. The van der Waals surface area contributed by atoms with Crippen molar-refractivity contribution in [3.63, 3.8) is 0 Å². The summed E-state index contributed by atoms with van der Waals surface area (Å²) in [6.45, 7) is 2.06. The summed E-state index contributed by atoms with van der Waals surface area (Å²) in [5, 5.41) is 0. The van der Waals surface area contributed by atoms with Crippen LogP contribution in [0.3, 0.4) is 0 Å². The van der Waals surface area contributed by atoms with Crippen molar-refractivity contribution in [1.82, 2.24) is 9.80 Å². The highest BCUT2D eigenvalue weighted by atomic mass is 79.9. The maximum atomic E-state index is 7.00. The number of likely N-dealkylation sites (N-methyl/N-ethyl adjacent to an activating group) is 2. The SMILES string of the molecule is Br.Br.COc1ccc2cc1Oc1ccc(cc1)C[C@H]1c3c(cc4c(c3Oc3cc5c(cc3OC)CCN(C)[C@@H]5C2)OCO4)CCN1C. The normalized spacial score (nSPS) is 19.5. The van der Waals surface area contributed by atoms with Gasteiger partial charge in [0, 0.05) is 30.7 Å². The Morgan fingerprint density at radius 1 is 0.638 bits per heavy atom. The molecule has 4 aromatic carbocycles. The molecule has 0 fully saturated rings. The molecule has 0 unspecified atom stereocenters. The molecule has 4 aromatic rings. The molecule has 0 radical (unpaired) electrons. The van der Waals surface area contributed by atoms with E-state index in [1.54, 1.807) is 14.2 Å². The van der Waals surface area contributed by atoms with Crippen LogP contribution in [0, 0.1) is 0 Å². The Kier molecular flexibility index (Phi) is 9.67. The second kappa shape index (κ2) is 13.6. The molecule has 0 spiro atoms. The Bertz CT molecular complexity index is 1780. The minimum Gasteiger partial charge on any atom is -0.493 e. The van der Waals surface area contributed by atoms with Crippen LogP contribution < -0.4 is 28.4 Å². The third-order valence-electron chi connectivity index (χ3n) is 9.84. The van der Waals surface area contributed by atoms with Crippen LogP contribution in [0.1, 0.15) is 45.5 Å². The Morgan fingerprint density at radius 2 is 1.32 bits per heavy atom. The predicted molar refractivity (Wildman–Crippen MR) is 191 cm³/mol. The maximum Gasteiger partial charge on any atom is 0.231 e. The molecule has 8 nitrogen and oxygen atoms in total. The molecule has 0 N–H and O–H groups in total. The van der Waals surface area contributed by atoms with E-state index in [4.69, 9.17) is 28.4 Å². The molecule has 5 aliphatic rings. The van der Waals surface area contributed by atoms with Crippen LogP contribution in [-0.2, 0) is 25.7 Å². The minimum atomic E-state index is 0. The second-order valence-corrected chi connectivity index (χ2v) is 12.4. The number of hydrogen-bond donors (Lipinski definition) is 0. The van der Waals surface area contributed by atoms with E-state index in [1.165, 1.54) is 22.3 Å². The van der Waals surface area contributed by atoms with Gasteiger partial charge in [-0.2, -0.15) is 0 Å². The summed E-state index contributed by atoms with van der Waals surface area (Å²) in [6, 6.07) is 21.3. The van der Waals surface area contributed by atoms with Crippen LogP contribution in [0.25, 0.3) is 0 Å². The van der Waals surface area contributed by atoms with E-state index in [0.29, 0.717) is 28.7 Å². The molecule has 2 atom stereocenters. The van der Waals surface area contributed by atoms with E-state index in [1.807, 2.05) is 18.2 Å². The van der Waals surface area contributed by atoms with E-state index in [2.05, 4.69) is 66.4 Å². The molecule has 9 rings (SSSR count). The third kappa shape index (κ3) is 6.05. The van der Waals surface area contributed by atoms with Gasteiger partial charge in [0.25, 0.3) is 0 Å². The summed E-state index contributed by atoms with van der Waals surface area (Å²) >= 11 is 0. The molecule has 47 heavy (non-hydrogen) atoms. The van der Waals surface area contributed by atoms with Gasteiger partial charge in [-0.3, -0.25) is 9.80 Å². The van der Waals surface area contributed by atoms with Crippen LogP contribution in [-0.4, -0.2) is 58.0 Å². The third-order valence-corrected chi connectivity index (χ3v) is 9.84. The zero-order valence-electron chi connectivity index (χ0n) is 27.0. The fraction of sp³-hybridized carbons (Fsp3) is 0.351. The van der Waals surface area contributed by atoms with Crippen molar-refractivity contribution in [2.75, 3.05) is 48.2 Å². The Balaban J connectivity index is 0.00000193. The largest absolute Gasteiger partial charge is 0.493 e. The van der Waals surface area contributed by atoms with Crippen LogP contribution in [0.5, 0.6) is 46.0 Å². The molecule has 10 heteroatoms. The van der Waals surface area contributed by atoms with E-state index in [-0.39, 0.29) is 52.8 Å². The number of hydrogen-bond acceptors (Lipinski definition) is 8. The molecule has 0 amide bonds. The van der Waals surface area contributed by atoms with E-state index in [9.17, 15) is 0 Å². The summed E-state index contributed by atoms with van der Waals surface area (Å²) in [7, 11) is 7.77. The monoisotopic (exact) mass is 766 g/mol. The predicted octanol–water partition coefficient (Wildman–Crippen LogP) is 8.03. The fourth-order valence-electron chi connectivity index (χ4n) is 7.33. The maximum absolute atomic E-state index is 7.00. The molecular weight excluding hydrogens is 728 g/mol. The van der Waals surface area contributed by atoms with Crippen molar-refractivity contribution in [3.05, 3.63) is 94.0 Å². The molecule has 5 heterocycles. The lowest BCUT2D eigenvalue weighted by atomic mass is 9.87. The lowest BCUT2D eigenvalue weighted by Gasteiger charge is -2.37. The zero-order chi connectivity index (χ0) is 30.7. The average molecular weight is 769 g/mol. The number of benzene rings is 4. The Morgan fingerprint density at radius 3 is 2.09 bits per heavy atom. The van der Waals surface area contributed by atoms with Gasteiger partial charge >= 0.3 is 0 Å². The van der Waals surface area contributed by atoms with E-state index >= 15 is 0 Å². The van der Waals surface area contributed by atoms with Gasteiger partial charge in [0.1, 0.15) is 5.75 Å². The Labute approximate surface area is 297 Å². The first-order valence-electron chi connectivity index (χ1n) is 15.7. The van der Waals surface area contributed by atoms with Crippen molar-refractivity contribution in [3.8, 4) is 46.0 Å². The average Bonchev–Trinajstić information content (AvgIpc) is 3.53. The van der Waals surface area contributed by atoms with Gasteiger partial charge in [-0.05, 0) is 110 Å². The summed E-state index contributed by atoms with van der Waals surface area (Å²) < 4.78 is 37.1. The first-order valence-corrected chi connectivity index (χ1v) is 15.7. The van der Waals surface area contributed by atoms with Gasteiger partial charge in [-0.15, -0.1) is 34.0 Å². The van der Waals surface area contributed by atoms with Gasteiger partial charge in [0.15, 0.2) is 34.5 Å². The Hall–Kier alpha value is -3.44. The standard InChI is InChI=1S/C37H38N2O6.2BrH/c1-38-13-11-24-18-31(41-4)33-20-27(24)28(38)16-23-7-10-30(40-3)32(17-23)44-26-8-5-22(6-9-26)15-29-35-25(12-14-39(29)2)19-34-36(37(35)45-33)43-21-42-34;;/h5-10,17-20,28-29H,11-16,21H2,1-4H3;2*1H/t28-,29+;;/m1../s1. The molecule has 5 aliphatic heterocycles. The molecule has 248 valence electrons. The summed E-state index contributed by atoms with van der Waals surface area (Å²) in [5.41, 5.74) is 7.25. The topological polar surface area (TPSA) is 61.9 Å². The number of fused-ring (bicyclic) bond motifs is 3. The molecule has 0 saturated carbocycles.